The monoisotopic (exact) mass is 315 g/mol. The van der Waals surface area contributed by atoms with Gasteiger partial charge in [0.2, 0.25) is 5.91 Å². The third-order valence-electron chi connectivity index (χ3n) is 4.77. The lowest BCUT2D eigenvalue weighted by Crippen LogP contribution is -2.31. The first-order chi connectivity index (χ1) is 11.3. The van der Waals surface area contributed by atoms with Crippen molar-refractivity contribution in [1.82, 2.24) is 15.5 Å². The van der Waals surface area contributed by atoms with Gasteiger partial charge in [-0.2, -0.15) is 0 Å². The molecule has 2 amide bonds. The lowest BCUT2D eigenvalue weighted by Gasteiger charge is -2.16. The Labute approximate surface area is 137 Å². The van der Waals surface area contributed by atoms with Gasteiger partial charge in [-0.05, 0) is 43.4 Å². The molecule has 0 radical (unpaired) electrons. The Bertz CT molecular complexity index is 567. The molecule has 0 aromatic heterocycles. The maximum absolute atomic E-state index is 12.5. The van der Waals surface area contributed by atoms with Crippen LogP contribution in [-0.2, 0) is 4.79 Å². The molecule has 3 rings (SSSR count). The predicted molar refractivity (Wildman–Crippen MR) is 89.4 cm³/mol. The molecule has 2 heterocycles. The Hall–Kier alpha value is -1.88. The smallest absolute Gasteiger partial charge is 0.251 e. The fourth-order valence-corrected chi connectivity index (χ4v) is 3.49. The van der Waals surface area contributed by atoms with Crippen molar-refractivity contribution in [2.24, 2.45) is 0 Å². The molecular formula is C18H25N3O2. The van der Waals surface area contributed by atoms with Crippen molar-refractivity contribution < 1.29 is 9.59 Å². The maximum atomic E-state index is 12.5. The van der Waals surface area contributed by atoms with E-state index in [1.165, 1.54) is 0 Å². The van der Waals surface area contributed by atoms with Crippen molar-refractivity contribution in [2.45, 2.75) is 31.6 Å². The van der Waals surface area contributed by atoms with E-state index in [4.69, 9.17) is 0 Å². The zero-order chi connectivity index (χ0) is 16.1. The summed E-state index contributed by atoms with van der Waals surface area (Å²) in [5, 5.41) is 6.36. The number of likely N-dealkylation sites (tertiary alicyclic amines) is 1. The molecule has 2 saturated heterocycles. The van der Waals surface area contributed by atoms with Crippen LogP contribution in [0.2, 0.25) is 0 Å². The molecule has 0 unspecified atom stereocenters. The summed E-state index contributed by atoms with van der Waals surface area (Å²) in [6.07, 6.45) is 3.54. The summed E-state index contributed by atoms with van der Waals surface area (Å²) in [7, 11) is 0. The number of rotatable bonds is 6. The molecule has 2 aliphatic rings. The normalized spacial score (nSPS) is 21.0. The summed E-state index contributed by atoms with van der Waals surface area (Å²) in [5.74, 6) is 0.676. The van der Waals surface area contributed by atoms with Crippen molar-refractivity contribution in [3.05, 3.63) is 35.4 Å². The van der Waals surface area contributed by atoms with Gasteiger partial charge in [-0.3, -0.25) is 9.59 Å². The average molecular weight is 315 g/mol. The first-order valence-electron chi connectivity index (χ1n) is 8.61. The van der Waals surface area contributed by atoms with Crippen LogP contribution in [0.25, 0.3) is 0 Å². The van der Waals surface area contributed by atoms with Gasteiger partial charge in [-0.25, -0.2) is 0 Å². The van der Waals surface area contributed by atoms with Crippen molar-refractivity contribution in [3.63, 3.8) is 0 Å². The van der Waals surface area contributed by atoms with Gasteiger partial charge in [0.05, 0.1) is 0 Å². The molecule has 0 aliphatic carbocycles. The van der Waals surface area contributed by atoms with Gasteiger partial charge in [0.25, 0.3) is 5.91 Å². The molecule has 23 heavy (non-hydrogen) atoms. The average Bonchev–Trinajstić information content (AvgIpc) is 3.23. The number of benzene rings is 1. The second-order valence-electron chi connectivity index (χ2n) is 6.37. The molecule has 1 aromatic rings. The highest BCUT2D eigenvalue weighted by Gasteiger charge is 2.22. The quantitative estimate of drug-likeness (QED) is 0.782. The van der Waals surface area contributed by atoms with E-state index >= 15 is 0 Å². The first kappa shape index (κ1) is 16.0. The fourth-order valence-electron chi connectivity index (χ4n) is 3.49. The standard InChI is InChI=1S/C18H25N3O2/c22-17-7-3-11-21(17)12-4-9-20-18(23)16-6-2-1-5-15(16)14-8-10-19-13-14/h1-2,5-6,14,19H,3-4,7-13H2,(H,20,23)/t14-/m0/s1. The second-order valence-corrected chi connectivity index (χ2v) is 6.37. The molecule has 2 aliphatic heterocycles. The van der Waals surface area contributed by atoms with E-state index in [0.717, 1.165) is 56.6 Å². The van der Waals surface area contributed by atoms with Crippen LogP contribution in [0.15, 0.2) is 24.3 Å². The van der Waals surface area contributed by atoms with Crippen LogP contribution in [0, 0.1) is 0 Å². The van der Waals surface area contributed by atoms with Crippen LogP contribution >= 0.6 is 0 Å². The fraction of sp³-hybridized carbons (Fsp3) is 0.556. The first-order valence-corrected chi connectivity index (χ1v) is 8.61. The molecule has 5 nitrogen and oxygen atoms in total. The van der Waals surface area contributed by atoms with Crippen LogP contribution in [-0.4, -0.2) is 49.4 Å². The van der Waals surface area contributed by atoms with Crippen molar-refractivity contribution in [1.29, 1.82) is 0 Å². The Morgan fingerprint density at radius 2 is 2.22 bits per heavy atom. The van der Waals surface area contributed by atoms with Crippen LogP contribution in [0.4, 0.5) is 0 Å². The summed E-state index contributed by atoms with van der Waals surface area (Å²) in [6, 6.07) is 7.90. The van der Waals surface area contributed by atoms with Gasteiger partial charge in [-0.15, -0.1) is 0 Å². The molecule has 5 heteroatoms. The zero-order valence-electron chi connectivity index (χ0n) is 13.5. The van der Waals surface area contributed by atoms with E-state index in [0.29, 0.717) is 18.9 Å². The molecule has 1 aromatic carbocycles. The molecule has 2 fully saturated rings. The maximum Gasteiger partial charge on any atom is 0.251 e. The van der Waals surface area contributed by atoms with Crippen molar-refractivity contribution in [3.8, 4) is 0 Å². The Morgan fingerprint density at radius 1 is 1.35 bits per heavy atom. The van der Waals surface area contributed by atoms with Crippen LogP contribution in [0.3, 0.4) is 0 Å². The number of hydrogen-bond acceptors (Lipinski definition) is 3. The summed E-state index contributed by atoms with van der Waals surface area (Å²) < 4.78 is 0. The van der Waals surface area contributed by atoms with E-state index in [1.807, 2.05) is 23.1 Å². The number of nitrogens with zero attached hydrogens (tertiary/aromatic N) is 1. The lowest BCUT2D eigenvalue weighted by atomic mass is 9.93. The Balaban J connectivity index is 1.51. The molecule has 2 N–H and O–H groups in total. The zero-order valence-corrected chi connectivity index (χ0v) is 13.5. The minimum absolute atomic E-state index is 0.000230. The highest BCUT2D eigenvalue weighted by Crippen LogP contribution is 2.25. The largest absolute Gasteiger partial charge is 0.352 e. The Kier molecular flexibility index (Phi) is 5.28. The van der Waals surface area contributed by atoms with Gasteiger partial charge in [0, 0.05) is 38.2 Å². The van der Waals surface area contributed by atoms with Gasteiger partial charge < -0.3 is 15.5 Å². The summed E-state index contributed by atoms with van der Waals surface area (Å²) in [4.78, 5) is 25.9. The predicted octanol–water partition coefficient (Wildman–Crippen LogP) is 1.51. The third kappa shape index (κ3) is 3.91. The third-order valence-corrected chi connectivity index (χ3v) is 4.77. The van der Waals surface area contributed by atoms with Gasteiger partial charge in [-0.1, -0.05) is 18.2 Å². The summed E-state index contributed by atoms with van der Waals surface area (Å²) in [5.41, 5.74) is 1.93. The molecule has 0 spiro atoms. The topological polar surface area (TPSA) is 61.4 Å². The number of carbonyl (C=O) groups is 2. The van der Waals surface area contributed by atoms with Gasteiger partial charge >= 0.3 is 0 Å². The van der Waals surface area contributed by atoms with E-state index < -0.39 is 0 Å². The molecule has 0 bridgehead atoms. The number of amides is 2. The van der Waals surface area contributed by atoms with Crippen LogP contribution < -0.4 is 10.6 Å². The number of carbonyl (C=O) groups excluding carboxylic acids is 2. The van der Waals surface area contributed by atoms with E-state index in [1.54, 1.807) is 0 Å². The van der Waals surface area contributed by atoms with Crippen molar-refractivity contribution >= 4 is 11.8 Å². The summed E-state index contributed by atoms with van der Waals surface area (Å²) >= 11 is 0. The highest BCUT2D eigenvalue weighted by molar-refractivity contribution is 5.95. The molecule has 0 saturated carbocycles. The number of nitrogens with one attached hydrogen (secondary N) is 2. The second kappa shape index (κ2) is 7.59. The van der Waals surface area contributed by atoms with E-state index in [2.05, 4.69) is 16.7 Å². The molecule has 1 atom stereocenters. The van der Waals surface area contributed by atoms with Gasteiger partial charge in [0.15, 0.2) is 0 Å². The highest BCUT2D eigenvalue weighted by atomic mass is 16.2. The van der Waals surface area contributed by atoms with E-state index in [9.17, 15) is 9.59 Å². The SMILES string of the molecule is O=C(NCCCN1CCCC1=O)c1ccccc1[C@H]1CCNC1. The minimum Gasteiger partial charge on any atom is -0.352 e. The van der Waals surface area contributed by atoms with Crippen LogP contribution in [0.1, 0.15) is 47.5 Å². The van der Waals surface area contributed by atoms with Gasteiger partial charge in [0.1, 0.15) is 0 Å². The number of hydrogen-bond donors (Lipinski definition) is 2. The Morgan fingerprint density at radius 3 is 2.96 bits per heavy atom. The van der Waals surface area contributed by atoms with E-state index in [-0.39, 0.29) is 11.8 Å². The van der Waals surface area contributed by atoms with Crippen LogP contribution in [0.5, 0.6) is 0 Å². The molecule has 124 valence electrons. The lowest BCUT2D eigenvalue weighted by molar-refractivity contribution is -0.127. The van der Waals surface area contributed by atoms with Crippen molar-refractivity contribution in [2.75, 3.05) is 32.7 Å². The minimum atomic E-state index is 0.000230. The molecular weight excluding hydrogens is 290 g/mol. The summed E-state index contributed by atoms with van der Waals surface area (Å²) in [6.45, 7) is 4.18.